The number of carbonyl (C=O) groups excluding carboxylic acids is 1. The van der Waals surface area contributed by atoms with Gasteiger partial charge in [0.2, 0.25) is 5.91 Å². The predicted octanol–water partition coefficient (Wildman–Crippen LogP) is 4.80. The van der Waals surface area contributed by atoms with E-state index in [4.69, 9.17) is 10.00 Å². The minimum absolute atomic E-state index is 0.0134. The number of H-pyrrole nitrogens is 1. The van der Waals surface area contributed by atoms with Crippen LogP contribution in [0.15, 0.2) is 47.5 Å². The number of aromatic nitrogens is 2. The Morgan fingerprint density at radius 2 is 2.00 bits per heavy atom. The van der Waals surface area contributed by atoms with Crippen molar-refractivity contribution in [1.29, 1.82) is 5.26 Å². The van der Waals surface area contributed by atoms with Gasteiger partial charge in [0.05, 0.1) is 48.2 Å². The number of carbonyl (C=O) groups is 1. The molecule has 182 valence electrons. The van der Waals surface area contributed by atoms with Gasteiger partial charge in [-0.3, -0.25) is 14.6 Å². The summed E-state index contributed by atoms with van der Waals surface area (Å²) in [5.41, 5.74) is -1.32. The highest BCUT2D eigenvalue weighted by molar-refractivity contribution is 5.92. The number of benzene rings is 1. The number of amides is 1. The second-order valence-electron chi connectivity index (χ2n) is 7.55. The maximum atomic E-state index is 14.7. The van der Waals surface area contributed by atoms with Gasteiger partial charge in [-0.25, -0.2) is 4.39 Å². The second-order valence-corrected chi connectivity index (χ2v) is 7.55. The zero-order chi connectivity index (χ0) is 25.8. The van der Waals surface area contributed by atoms with Crippen LogP contribution in [0.1, 0.15) is 36.6 Å². The minimum atomic E-state index is -4.78. The van der Waals surface area contributed by atoms with Gasteiger partial charge in [0.1, 0.15) is 5.82 Å². The summed E-state index contributed by atoms with van der Waals surface area (Å²) in [5, 5.41) is 11.2. The standard InChI is InChI=1S/C24H20F4N4O3/c1-3-35-20-7-16(11-31-23(20)34)14-4-5-15(19(25)6-14)8-21(33)32-17-9-18(24(26,27)28)22(30-12-17)13(2)10-29/h4-7,9,11-13H,3,8H2,1-2H3,(H,31,34)(H,32,33). The van der Waals surface area contributed by atoms with Crippen molar-refractivity contribution >= 4 is 11.6 Å². The molecule has 0 aliphatic carbocycles. The third-order valence-electron chi connectivity index (χ3n) is 5.02. The smallest absolute Gasteiger partial charge is 0.418 e. The maximum Gasteiger partial charge on any atom is 0.418 e. The Kier molecular flexibility index (Phi) is 7.54. The quantitative estimate of drug-likeness (QED) is 0.465. The van der Waals surface area contributed by atoms with Crippen LogP contribution in [0.5, 0.6) is 5.75 Å². The Hall–Kier alpha value is -4.20. The normalized spacial score (nSPS) is 12.0. The Morgan fingerprint density at radius 3 is 2.63 bits per heavy atom. The molecule has 11 heteroatoms. The molecule has 0 fully saturated rings. The lowest BCUT2D eigenvalue weighted by Gasteiger charge is -2.15. The summed E-state index contributed by atoms with van der Waals surface area (Å²) in [4.78, 5) is 30.3. The molecule has 2 heterocycles. The molecular weight excluding hydrogens is 468 g/mol. The Labute approximate surface area is 197 Å². The van der Waals surface area contributed by atoms with Gasteiger partial charge in [-0.2, -0.15) is 18.4 Å². The molecule has 3 rings (SSSR count). The first-order valence-electron chi connectivity index (χ1n) is 10.4. The van der Waals surface area contributed by atoms with Gasteiger partial charge in [0.15, 0.2) is 5.75 Å². The van der Waals surface area contributed by atoms with Gasteiger partial charge in [-0.15, -0.1) is 0 Å². The van der Waals surface area contributed by atoms with Crippen LogP contribution in [-0.2, 0) is 17.4 Å². The SMILES string of the molecule is CCOc1cc(-c2ccc(CC(=O)Nc3cnc(C(C)C#N)c(C(F)(F)F)c3)c(F)c2)c[nH]c1=O. The average Bonchev–Trinajstić information content (AvgIpc) is 2.81. The van der Waals surface area contributed by atoms with Gasteiger partial charge in [0, 0.05) is 11.8 Å². The zero-order valence-corrected chi connectivity index (χ0v) is 18.7. The maximum absolute atomic E-state index is 14.7. The van der Waals surface area contributed by atoms with E-state index in [1.54, 1.807) is 13.0 Å². The Balaban J connectivity index is 1.78. The molecule has 35 heavy (non-hydrogen) atoms. The van der Waals surface area contributed by atoms with Crippen molar-refractivity contribution in [3.8, 4) is 22.9 Å². The van der Waals surface area contributed by atoms with E-state index in [2.05, 4.69) is 15.3 Å². The molecule has 0 bridgehead atoms. The number of anilines is 1. The van der Waals surface area contributed by atoms with Crippen LogP contribution in [0, 0.1) is 17.1 Å². The molecule has 0 aliphatic heterocycles. The van der Waals surface area contributed by atoms with Crippen LogP contribution >= 0.6 is 0 Å². The summed E-state index contributed by atoms with van der Waals surface area (Å²) in [6, 6.07) is 7.94. The molecule has 1 aromatic carbocycles. The number of nitriles is 1. The number of hydrogen-bond donors (Lipinski definition) is 2. The summed E-state index contributed by atoms with van der Waals surface area (Å²) >= 11 is 0. The highest BCUT2D eigenvalue weighted by atomic mass is 19.4. The van der Waals surface area contributed by atoms with E-state index >= 15 is 0 Å². The van der Waals surface area contributed by atoms with E-state index in [0.29, 0.717) is 17.2 Å². The van der Waals surface area contributed by atoms with Gasteiger partial charge in [-0.05, 0) is 43.2 Å². The van der Waals surface area contributed by atoms with Crippen LogP contribution < -0.4 is 15.6 Å². The molecule has 0 radical (unpaired) electrons. The molecule has 0 saturated carbocycles. The van der Waals surface area contributed by atoms with Crippen LogP contribution in [0.25, 0.3) is 11.1 Å². The fourth-order valence-electron chi connectivity index (χ4n) is 3.32. The largest absolute Gasteiger partial charge is 0.488 e. The summed E-state index contributed by atoms with van der Waals surface area (Å²) in [7, 11) is 0. The highest BCUT2D eigenvalue weighted by Crippen LogP contribution is 2.35. The molecule has 1 amide bonds. The molecule has 2 aromatic heterocycles. The first kappa shape index (κ1) is 25.4. The second kappa shape index (κ2) is 10.4. The lowest BCUT2D eigenvalue weighted by Crippen LogP contribution is -2.18. The van der Waals surface area contributed by atoms with Crippen molar-refractivity contribution in [2.45, 2.75) is 32.4 Å². The molecule has 0 spiro atoms. The first-order valence-corrected chi connectivity index (χ1v) is 10.4. The summed E-state index contributed by atoms with van der Waals surface area (Å²) in [6.07, 6.45) is -2.81. The van der Waals surface area contributed by atoms with E-state index in [1.165, 1.54) is 37.4 Å². The van der Waals surface area contributed by atoms with Crippen molar-refractivity contribution in [3.63, 3.8) is 0 Å². The summed E-state index contributed by atoms with van der Waals surface area (Å²) in [5.74, 6) is -2.49. The third kappa shape index (κ3) is 6.03. The van der Waals surface area contributed by atoms with E-state index in [1.807, 2.05) is 0 Å². The summed E-state index contributed by atoms with van der Waals surface area (Å²) in [6.45, 7) is 3.27. The number of hydrogen-bond acceptors (Lipinski definition) is 5. The number of pyridine rings is 2. The van der Waals surface area contributed by atoms with Gasteiger partial charge < -0.3 is 15.0 Å². The van der Waals surface area contributed by atoms with Gasteiger partial charge >= 0.3 is 6.18 Å². The lowest BCUT2D eigenvalue weighted by molar-refractivity contribution is -0.138. The third-order valence-corrected chi connectivity index (χ3v) is 5.02. The lowest BCUT2D eigenvalue weighted by atomic mass is 10.0. The molecule has 1 unspecified atom stereocenters. The molecule has 0 aliphatic rings. The molecule has 1 atom stereocenters. The summed E-state index contributed by atoms with van der Waals surface area (Å²) < 4.78 is 60.1. The van der Waals surface area contributed by atoms with E-state index < -0.39 is 47.1 Å². The van der Waals surface area contributed by atoms with Crippen LogP contribution in [0.4, 0.5) is 23.2 Å². The van der Waals surface area contributed by atoms with E-state index in [9.17, 15) is 27.2 Å². The topological polar surface area (TPSA) is 108 Å². The molecule has 7 nitrogen and oxygen atoms in total. The minimum Gasteiger partial charge on any atom is -0.488 e. The number of aromatic amines is 1. The Bertz CT molecular complexity index is 1350. The van der Waals surface area contributed by atoms with Crippen molar-refractivity contribution in [3.05, 3.63) is 75.7 Å². The number of nitrogens with one attached hydrogen (secondary N) is 2. The number of nitrogens with zero attached hydrogens (tertiary/aromatic N) is 2. The molecular formula is C24H20F4N4O3. The van der Waals surface area contributed by atoms with Crippen LogP contribution in [0.3, 0.4) is 0 Å². The fraction of sp³-hybridized carbons (Fsp3) is 0.250. The first-order chi connectivity index (χ1) is 16.5. The molecule has 0 saturated heterocycles. The van der Waals surface area contributed by atoms with E-state index in [-0.39, 0.29) is 23.6 Å². The van der Waals surface area contributed by atoms with Crippen LogP contribution in [-0.4, -0.2) is 22.5 Å². The van der Waals surface area contributed by atoms with Crippen molar-refractivity contribution < 1.29 is 27.1 Å². The highest BCUT2D eigenvalue weighted by Gasteiger charge is 2.36. The number of alkyl halides is 3. The molecule has 3 aromatic rings. The van der Waals surface area contributed by atoms with Crippen molar-refractivity contribution in [1.82, 2.24) is 9.97 Å². The molecule has 2 N–H and O–H groups in total. The predicted molar refractivity (Wildman–Crippen MR) is 119 cm³/mol. The van der Waals surface area contributed by atoms with Crippen LogP contribution in [0.2, 0.25) is 0 Å². The number of ether oxygens (including phenoxy) is 1. The Morgan fingerprint density at radius 1 is 1.26 bits per heavy atom. The van der Waals surface area contributed by atoms with Gasteiger partial charge in [0.25, 0.3) is 5.56 Å². The number of rotatable bonds is 7. The number of halogens is 4. The average molecular weight is 488 g/mol. The van der Waals surface area contributed by atoms with Crippen molar-refractivity contribution in [2.24, 2.45) is 0 Å². The van der Waals surface area contributed by atoms with E-state index in [0.717, 1.165) is 6.20 Å². The zero-order valence-electron chi connectivity index (χ0n) is 18.7. The fourth-order valence-corrected chi connectivity index (χ4v) is 3.32. The van der Waals surface area contributed by atoms with Crippen molar-refractivity contribution in [2.75, 3.05) is 11.9 Å². The van der Waals surface area contributed by atoms with Gasteiger partial charge in [-0.1, -0.05) is 12.1 Å². The monoisotopic (exact) mass is 488 g/mol.